The fourth-order valence-corrected chi connectivity index (χ4v) is 1.74. The quantitative estimate of drug-likeness (QED) is 0.561. The predicted octanol–water partition coefficient (Wildman–Crippen LogP) is 3.62. The number of halogens is 1. The van der Waals surface area contributed by atoms with Crippen molar-refractivity contribution in [1.29, 1.82) is 0 Å². The Hall–Kier alpha value is -1.02. The number of hydrogen-bond acceptors (Lipinski definition) is 2. The molecule has 1 rings (SSSR count). The molecule has 0 heterocycles. The number of ether oxygens (including phenoxy) is 1. The second-order valence-electron chi connectivity index (χ2n) is 3.74. The first-order chi connectivity index (χ1) is 7.70. The van der Waals surface area contributed by atoms with Crippen molar-refractivity contribution in [3.05, 3.63) is 34.9 Å². The van der Waals surface area contributed by atoms with Gasteiger partial charge in [-0.15, -0.1) is 0 Å². The topological polar surface area (TPSA) is 26.3 Å². The van der Waals surface area contributed by atoms with E-state index in [1.54, 1.807) is 0 Å². The molecule has 0 aliphatic carbocycles. The highest BCUT2D eigenvalue weighted by Crippen LogP contribution is 2.17. The average molecular weight is 241 g/mol. The number of hydrogen-bond donors (Lipinski definition) is 0. The lowest BCUT2D eigenvalue weighted by Gasteiger charge is -2.04. The van der Waals surface area contributed by atoms with Gasteiger partial charge in [-0.05, 0) is 37.3 Å². The van der Waals surface area contributed by atoms with Crippen LogP contribution in [0.25, 0.3) is 0 Å². The van der Waals surface area contributed by atoms with E-state index in [0.29, 0.717) is 6.61 Å². The lowest BCUT2D eigenvalue weighted by atomic mass is 10.1. The highest BCUT2D eigenvalue weighted by Gasteiger charge is 1.99. The largest absolute Gasteiger partial charge is 0.466 e. The van der Waals surface area contributed by atoms with Gasteiger partial charge in [-0.2, -0.15) is 0 Å². The lowest BCUT2D eigenvalue weighted by Crippen LogP contribution is -2.00. The van der Waals surface area contributed by atoms with E-state index in [9.17, 15) is 4.79 Å². The molecule has 0 amide bonds. The average Bonchev–Trinajstić information content (AvgIpc) is 2.25. The lowest BCUT2D eigenvalue weighted by molar-refractivity contribution is -0.141. The van der Waals surface area contributed by atoms with Gasteiger partial charge in [0.15, 0.2) is 0 Å². The summed E-state index contributed by atoms with van der Waals surface area (Å²) in [7, 11) is 0. The number of benzene rings is 1. The van der Waals surface area contributed by atoms with Crippen molar-refractivity contribution in [1.82, 2.24) is 0 Å². The number of carbonyl (C=O) groups is 1. The third-order valence-corrected chi connectivity index (χ3v) is 2.72. The SMILES string of the molecule is CC(=O)OCCCCCc1ccccc1Cl. The Morgan fingerprint density at radius 3 is 2.69 bits per heavy atom. The standard InChI is InChI=1S/C13H17ClO2/c1-11(15)16-10-6-2-3-7-12-8-4-5-9-13(12)14/h4-5,8-9H,2-3,6-7,10H2,1H3. The normalized spacial score (nSPS) is 10.1. The van der Waals surface area contributed by atoms with Crippen molar-refractivity contribution in [3.63, 3.8) is 0 Å². The van der Waals surface area contributed by atoms with Crippen LogP contribution in [0.5, 0.6) is 0 Å². The molecule has 1 aromatic rings. The Kier molecular flexibility index (Phi) is 5.94. The van der Waals surface area contributed by atoms with Crippen LogP contribution >= 0.6 is 11.6 Å². The first-order valence-corrected chi connectivity index (χ1v) is 5.94. The molecule has 0 atom stereocenters. The van der Waals surface area contributed by atoms with Gasteiger partial charge in [-0.25, -0.2) is 0 Å². The molecule has 0 unspecified atom stereocenters. The van der Waals surface area contributed by atoms with Crippen molar-refractivity contribution < 1.29 is 9.53 Å². The van der Waals surface area contributed by atoms with Crippen LogP contribution in [0.2, 0.25) is 5.02 Å². The predicted molar refractivity (Wildman–Crippen MR) is 65.6 cm³/mol. The van der Waals surface area contributed by atoms with Crippen LogP contribution in [0.4, 0.5) is 0 Å². The third-order valence-electron chi connectivity index (χ3n) is 2.35. The van der Waals surface area contributed by atoms with E-state index >= 15 is 0 Å². The Morgan fingerprint density at radius 1 is 1.25 bits per heavy atom. The second-order valence-corrected chi connectivity index (χ2v) is 4.15. The Labute approximate surface area is 102 Å². The maximum absolute atomic E-state index is 10.5. The van der Waals surface area contributed by atoms with E-state index < -0.39 is 0 Å². The summed E-state index contributed by atoms with van der Waals surface area (Å²) in [5.41, 5.74) is 1.19. The Bertz CT molecular complexity index is 336. The maximum atomic E-state index is 10.5. The van der Waals surface area contributed by atoms with Crippen LogP contribution in [0.15, 0.2) is 24.3 Å². The Balaban J connectivity index is 2.12. The van der Waals surface area contributed by atoms with Gasteiger partial charge in [0.1, 0.15) is 0 Å². The molecule has 0 saturated heterocycles. The zero-order valence-corrected chi connectivity index (χ0v) is 10.3. The zero-order valence-electron chi connectivity index (χ0n) is 9.54. The minimum atomic E-state index is -0.203. The van der Waals surface area contributed by atoms with Crippen molar-refractivity contribution in [2.75, 3.05) is 6.61 Å². The summed E-state index contributed by atoms with van der Waals surface area (Å²) in [6, 6.07) is 7.90. The smallest absolute Gasteiger partial charge is 0.302 e. The highest BCUT2D eigenvalue weighted by atomic mass is 35.5. The van der Waals surface area contributed by atoms with Crippen LogP contribution < -0.4 is 0 Å². The molecule has 0 spiro atoms. The van der Waals surface area contributed by atoms with Gasteiger partial charge < -0.3 is 4.74 Å². The highest BCUT2D eigenvalue weighted by molar-refractivity contribution is 6.31. The summed E-state index contributed by atoms with van der Waals surface area (Å²) < 4.78 is 4.85. The monoisotopic (exact) mass is 240 g/mol. The minimum absolute atomic E-state index is 0.203. The summed E-state index contributed by atoms with van der Waals surface area (Å²) in [6.07, 6.45) is 4.03. The molecule has 0 aliphatic heterocycles. The van der Waals surface area contributed by atoms with E-state index in [4.69, 9.17) is 16.3 Å². The molecule has 0 N–H and O–H groups in total. The van der Waals surface area contributed by atoms with E-state index in [-0.39, 0.29) is 5.97 Å². The fraction of sp³-hybridized carbons (Fsp3) is 0.462. The van der Waals surface area contributed by atoms with Crippen LogP contribution in [-0.4, -0.2) is 12.6 Å². The van der Waals surface area contributed by atoms with Crippen molar-refractivity contribution >= 4 is 17.6 Å². The van der Waals surface area contributed by atoms with E-state index in [1.165, 1.54) is 12.5 Å². The molecule has 1 aromatic carbocycles. The van der Waals surface area contributed by atoms with Crippen LogP contribution in [0.3, 0.4) is 0 Å². The zero-order chi connectivity index (χ0) is 11.8. The summed E-state index contributed by atoms with van der Waals surface area (Å²) in [6.45, 7) is 1.96. The van der Waals surface area contributed by atoms with E-state index in [1.807, 2.05) is 18.2 Å². The van der Waals surface area contributed by atoms with Crippen molar-refractivity contribution in [2.24, 2.45) is 0 Å². The number of unbranched alkanes of at least 4 members (excludes halogenated alkanes) is 2. The van der Waals surface area contributed by atoms with E-state index in [2.05, 4.69) is 6.07 Å². The molecule has 88 valence electrons. The van der Waals surface area contributed by atoms with Crippen LogP contribution in [0.1, 0.15) is 31.7 Å². The molecule has 0 aliphatic rings. The molecule has 0 bridgehead atoms. The molecule has 3 heteroatoms. The van der Waals surface area contributed by atoms with Gasteiger partial charge in [0, 0.05) is 11.9 Å². The van der Waals surface area contributed by atoms with Gasteiger partial charge in [-0.3, -0.25) is 4.79 Å². The van der Waals surface area contributed by atoms with Gasteiger partial charge in [-0.1, -0.05) is 29.8 Å². The van der Waals surface area contributed by atoms with Crippen molar-refractivity contribution in [3.8, 4) is 0 Å². The first-order valence-electron chi connectivity index (χ1n) is 5.57. The van der Waals surface area contributed by atoms with E-state index in [0.717, 1.165) is 30.7 Å². The molecule has 0 fully saturated rings. The van der Waals surface area contributed by atoms with Crippen LogP contribution in [-0.2, 0) is 16.0 Å². The third kappa shape index (κ3) is 5.17. The summed E-state index contributed by atoms with van der Waals surface area (Å²) >= 11 is 6.04. The van der Waals surface area contributed by atoms with Gasteiger partial charge in [0.05, 0.1) is 6.61 Å². The molecule has 2 nitrogen and oxygen atoms in total. The number of aryl methyl sites for hydroxylation is 1. The van der Waals surface area contributed by atoms with Gasteiger partial charge in [0.25, 0.3) is 0 Å². The summed E-state index contributed by atoms with van der Waals surface area (Å²) in [5, 5.41) is 0.836. The van der Waals surface area contributed by atoms with Gasteiger partial charge in [0.2, 0.25) is 0 Å². The first kappa shape index (κ1) is 13.0. The van der Waals surface area contributed by atoms with Crippen molar-refractivity contribution in [2.45, 2.75) is 32.6 Å². The number of esters is 1. The molecule has 16 heavy (non-hydrogen) atoms. The molecule has 0 radical (unpaired) electrons. The molecule has 0 aromatic heterocycles. The number of carbonyl (C=O) groups excluding carboxylic acids is 1. The number of rotatable bonds is 6. The minimum Gasteiger partial charge on any atom is -0.466 e. The van der Waals surface area contributed by atoms with Gasteiger partial charge >= 0.3 is 5.97 Å². The summed E-state index contributed by atoms with van der Waals surface area (Å²) in [4.78, 5) is 10.5. The molecular weight excluding hydrogens is 224 g/mol. The maximum Gasteiger partial charge on any atom is 0.302 e. The summed E-state index contributed by atoms with van der Waals surface area (Å²) in [5.74, 6) is -0.203. The molecular formula is C13H17ClO2. The Morgan fingerprint density at radius 2 is 2.00 bits per heavy atom. The molecule has 0 saturated carbocycles. The second kappa shape index (κ2) is 7.29. The van der Waals surface area contributed by atoms with Crippen LogP contribution in [0, 0.1) is 0 Å². The fourth-order valence-electron chi connectivity index (χ4n) is 1.51.